The van der Waals surface area contributed by atoms with Crippen molar-refractivity contribution in [2.45, 2.75) is 167 Å². The average molecular weight is 769 g/mol. The molecule has 0 saturated carbocycles. The molecule has 0 aromatic carbocycles. The van der Waals surface area contributed by atoms with Crippen LogP contribution in [0.2, 0.25) is 0 Å². The monoisotopic (exact) mass is 768 g/mol. The van der Waals surface area contributed by atoms with Gasteiger partial charge in [0.05, 0.1) is 19.8 Å². The van der Waals surface area contributed by atoms with Crippen molar-refractivity contribution in [3.05, 3.63) is 60.8 Å². The number of allylic oxidation sites excluding steroid dienone is 10. The number of esters is 2. The summed E-state index contributed by atoms with van der Waals surface area (Å²) >= 11 is 0. The second-order valence-electron chi connectivity index (χ2n) is 13.3. The molecule has 0 aromatic rings. The van der Waals surface area contributed by atoms with Crippen LogP contribution in [0.4, 0.5) is 0 Å². The molecule has 0 radical (unpaired) electrons. The van der Waals surface area contributed by atoms with Crippen molar-refractivity contribution in [2.24, 2.45) is 0 Å². The first-order valence-electron chi connectivity index (χ1n) is 20.2. The van der Waals surface area contributed by atoms with Gasteiger partial charge in [0.1, 0.15) is 12.7 Å². The van der Waals surface area contributed by atoms with E-state index >= 15 is 0 Å². The van der Waals surface area contributed by atoms with Crippen LogP contribution in [0.5, 0.6) is 0 Å². The average Bonchev–Trinajstić information content (AvgIpc) is 3.14. The van der Waals surface area contributed by atoms with E-state index in [0.29, 0.717) is 19.3 Å². The van der Waals surface area contributed by atoms with Crippen LogP contribution in [-0.2, 0) is 32.7 Å². The predicted octanol–water partition coefficient (Wildman–Crippen LogP) is 10.3. The van der Waals surface area contributed by atoms with Crippen LogP contribution in [0.15, 0.2) is 60.8 Å². The standard InChI is InChI=1S/C42H73O10P/c1-3-5-7-9-11-13-15-17-18-19-20-22-23-25-27-29-31-33-41(45)49-37-40(38-51-53(47,48)50-36-39(44)35-43)52-42(46)34-32-30-28-26-24-21-16-14-12-10-8-6-4-2/h5,7,11,13,17-18,20,22,25,27,39-40,43-44H,3-4,6,8-10,12,14-16,19,21,23-24,26,28-38H2,1-2H3,(H,47,48). The van der Waals surface area contributed by atoms with Gasteiger partial charge in [0.15, 0.2) is 6.10 Å². The summed E-state index contributed by atoms with van der Waals surface area (Å²) in [5, 5.41) is 18.3. The molecule has 0 aliphatic carbocycles. The predicted molar refractivity (Wildman–Crippen MR) is 214 cm³/mol. The number of ether oxygens (including phenoxy) is 2. The van der Waals surface area contributed by atoms with Gasteiger partial charge in [0.25, 0.3) is 0 Å². The number of aliphatic hydroxyl groups excluding tert-OH is 2. The Balaban J connectivity index is 4.43. The van der Waals surface area contributed by atoms with Crippen LogP contribution < -0.4 is 0 Å². The Hall–Kier alpha value is -2.33. The third kappa shape index (κ3) is 37.8. The van der Waals surface area contributed by atoms with E-state index < -0.39 is 51.8 Å². The zero-order chi connectivity index (χ0) is 39.1. The third-order valence-electron chi connectivity index (χ3n) is 8.19. The first-order valence-corrected chi connectivity index (χ1v) is 21.7. The second-order valence-corrected chi connectivity index (χ2v) is 14.7. The van der Waals surface area contributed by atoms with Gasteiger partial charge in [-0.05, 0) is 51.4 Å². The Labute approximate surface area is 321 Å². The van der Waals surface area contributed by atoms with Crippen LogP contribution in [0.1, 0.15) is 155 Å². The number of hydrogen-bond acceptors (Lipinski definition) is 9. The van der Waals surface area contributed by atoms with Gasteiger partial charge in [0.2, 0.25) is 0 Å². The van der Waals surface area contributed by atoms with Crippen LogP contribution in [0, 0.1) is 0 Å². The molecule has 0 aromatic heterocycles. The topological polar surface area (TPSA) is 149 Å². The Morgan fingerprint density at radius 1 is 0.585 bits per heavy atom. The van der Waals surface area contributed by atoms with Gasteiger partial charge < -0.3 is 24.6 Å². The van der Waals surface area contributed by atoms with E-state index in [0.717, 1.165) is 51.4 Å². The Morgan fingerprint density at radius 2 is 1.04 bits per heavy atom. The molecule has 0 heterocycles. The number of phosphoric ester groups is 1. The summed E-state index contributed by atoms with van der Waals surface area (Å²) in [4.78, 5) is 34.9. The van der Waals surface area contributed by atoms with Gasteiger partial charge in [0, 0.05) is 12.8 Å². The number of unbranched alkanes of at least 4 members (excludes halogenated alkanes) is 13. The van der Waals surface area contributed by atoms with Gasteiger partial charge in [-0.2, -0.15) is 0 Å². The first kappa shape index (κ1) is 50.7. The summed E-state index contributed by atoms with van der Waals surface area (Å²) in [6.07, 6.45) is 40.5. The molecule has 3 atom stereocenters. The minimum Gasteiger partial charge on any atom is -0.462 e. The number of rotatable bonds is 37. The molecular weight excluding hydrogens is 695 g/mol. The van der Waals surface area contributed by atoms with Crippen molar-refractivity contribution >= 4 is 19.8 Å². The van der Waals surface area contributed by atoms with Gasteiger partial charge >= 0.3 is 19.8 Å². The van der Waals surface area contributed by atoms with Crippen molar-refractivity contribution in [1.29, 1.82) is 0 Å². The molecule has 0 spiro atoms. The van der Waals surface area contributed by atoms with Crippen LogP contribution in [0.25, 0.3) is 0 Å². The highest BCUT2D eigenvalue weighted by Crippen LogP contribution is 2.43. The number of phosphoric acid groups is 1. The first-order chi connectivity index (χ1) is 25.7. The van der Waals surface area contributed by atoms with E-state index in [4.69, 9.17) is 19.1 Å². The third-order valence-corrected chi connectivity index (χ3v) is 9.14. The minimum atomic E-state index is -4.63. The van der Waals surface area contributed by atoms with E-state index in [1.165, 1.54) is 57.8 Å². The van der Waals surface area contributed by atoms with Gasteiger partial charge in [-0.3, -0.25) is 18.6 Å². The zero-order valence-electron chi connectivity index (χ0n) is 33.0. The molecule has 10 nitrogen and oxygen atoms in total. The van der Waals surface area contributed by atoms with Gasteiger partial charge in [-0.1, -0.05) is 152 Å². The smallest absolute Gasteiger partial charge is 0.462 e. The highest BCUT2D eigenvalue weighted by atomic mass is 31.2. The van der Waals surface area contributed by atoms with Gasteiger partial charge in [-0.15, -0.1) is 0 Å². The molecule has 0 aliphatic rings. The van der Waals surface area contributed by atoms with Crippen LogP contribution in [0.3, 0.4) is 0 Å². The molecule has 0 bridgehead atoms. The van der Waals surface area contributed by atoms with E-state index in [9.17, 15) is 24.2 Å². The number of carbonyl (C=O) groups excluding carboxylic acids is 2. The molecule has 3 N–H and O–H groups in total. The number of carbonyl (C=O) groups is 2. The summed E-state index contributed by atoms with van der Waals surface area (Å²) < 4.78 is 32.6. The van der Waals surface area contributed by atoms with E-state index in [1.807, 2.05) is 6.08 Å². The van der Waals surface area contributed by atoms with E-state index in [-0.39, 0.29) is 19.4 Å². The lowest BCUT2D eigenvalue weighted by Crippen LogP contribution is -2.29. The lowest BCUT2D eigenvalue weighted by Gasteiger charge is -2.20. The highest BCUT2D eigenvalue weighted by molar-refractivity contribution is 7.47. The second kappa shape index (κ2) is 38.0. The Bertz CT molecular complexity index is 1070. The van der Waals surface area contributed by atoms with Crippen LogP contribution >= 0.6 is 7.82 Å². The fraction of sp³-hybridized carbons (Fsp3) is 0.714. The maximum atomic E-state index is 12.6. The minimum absolute atomic E-state index is 0.162. The van der Waals surface area contributed by atoms with Crippen molar-refractivity contribution < 1.29 is 47.8 Å². The number of aliphatic hydroxyl groups is 2. The molecule has 11 heteroatoms. The molecule has 53 heavy (non-hydrogen) atoms. The summed E-state index contributed by atoms with van der Waals surface area (Å²) in [5.41, 5.74) is 0. The lowest BCUT2D eigenvalue weighted by molar-refractivity contribution is -0.161. The fourth-order valence-corrected chi connectivity index (χ4v) is 5.88. The maximum absolute atomic E-state index is 12.6. The molecule has 306 valence electrons. The van der Waals surface area contributed by atoms with Crippen molar-refractivity contribution in [3.8, 4) is 0 Å². The molecule has 0 amide bonds. The van der Waals surface area contributed by atoms with Crippen molar-refractivity contribution in [1.82, 2.24) is 0 Å². The van der Waals surface area contributed by atoms with Crippen molar-refractivity contribution in [2.75, 3.05) is 26.4 Å². The quantitative estimate of drug-likeness (QED) is 0.0241. The summed E-state index contributed by atoms with van der Waals surface area (Å²) in [6, 6.07) is 0. The lowest BCUT2D eigenvalue weighted by atomic mass is 10.0. The molecule has 0 aliphatic heterocycles. The van der Waals surface area contributed by atoms with Gasteiger partial charge in [-0.25, -0.2) is 4.57 Å². The summed E-state index contributed by atoms with van der Waals surface area (Å²) in [6.45, 7) is 2.18. The van der Waals surface area contributed by atoms with E-state index in [2.05, 4.69) is 73.1 Å². The zero-order valence-corrected chi connectivity index (χ0v) is 33.9. The van der Waals surface area contributed by atoms with E-state index in [1.54, 1.807) is 0 Å². The summed E-state index contributed by atoms with van der Waals surface area (Å²) in [5.74, 6) is -0.995. The number of hydrogen-bond donors (Lipinski definition) is 3. The molecule has 0 saturated heterocycles. The molecule has 3 unspecified atom stereocenters. The Morgan fingerprint density at radius 3 is 1.55 bits per heavy atom. The maximum Gasteiger partial charge on any atom is 0.472 e. The van der Waals surface area contributed by atoms with Crippen molar-refractivity contribution in [3.63, 3.8) is 0 Å². The van der Waals surface area contributed by atoms with Crippen LogP contribution in [-0.4, -0.2) is 65.7 Å². The molecular formula is C42H73O10P. The summed E-state index contributed by atoms with van der Waals surface area (Å²) in [7, 11) is -4.63. The SMILES string of the molecule is CCC=CCC=CCC=CCC=CCC=CCCCC(=O)OCC(COP(=O)(O)OCC(O)CO)OC(=O)CCCCCCCCCCCCCCC. The Kier molecular flexibility index (Phi) is 36.3. The normalized spacial score (nSPS) is 14.6. The fourth-order valence-electron chi connectivity index (χ4n) is 5.09. The molecule has 0 rings (SSSR count). The molecule has 0 fully saturated rings. The largest absolute Gasteiger partial charge is 0.472 e. The highest BCUT2D eigenvalue weighted by Gasteiger charge is 2.27.